The predicted molar refractivity (Wildman–Crippen MR) is 129 cm³/mol. The third kappa shape index (κ3) is 7.15. The van der Waals surface area contributed by atoms with E-state index >= 15 is 0 Å². The van der Waals surface area contributed by atoms with Crippen molar-refractivity contribution in [2.75, 3.05) is 39.8 Å². The van der Waals surface area contributed by atoms with E-state index in [1.54, 1.807) is 12.1 Å². The van der Waals surface area contributed by atoms with Crippen LogP contribution in [0.15, 0.2) is 36.7 Å². The Morgan fingerprint density at radius 1 is 1.03 bits per heavy atom. The number of hydrazine groups is 1. The number of likely N-dealkylation sites (N-methyl/N-ethyl adjacent to an activating group) is 1. The number of imide groups is 1. The maximum atomic E-state index is 13.3. The van der Waals surface area contributed by atoms with Gasteiger partial charge in [0.1, 0.15) is 6.07 Å². The number of nitrogens with zero attached hydrogens (tertiary/aromatic N) is 6. The Morgan fingerprint density at radius 2 is 1.62 bits per heavy atom. The Balaban J connectivity index is 1.73. The minimum absolute atomic E-state index is 0.0349. The number of carbonyl (C=O) groups excluding carboxylic acids is 2. The number of carbonyl (C=O) groups is 2. The van der Waals surface area contributed by atoms with Crippen molar-refractivity contribution in [3.63, 3.8) is 0 Å². The van der Waals surface area contributed by atoms with Gasteiger partial charge in [-0.1, -0.05) is 32.9 Å². The second-order valence-corrected chi connectivity index (χ2v) is 9.85. The number of nitriles is 1. The molecule has 0 atom stereocenters. The lowest BCUT2D eigenvalue weighted by Crippen LogP contribution is -2.48. The molecule has 2 amide bonds. The minimum atomic E-state index is -0.565. The van der Waals surface area contributed by atoms with E-state index in [2.05, 4.69) is 53.0 Å². The molecule has 9 nitrogen and oxygen atoms in total. The van der Waals surface area contributed by atoms with Crippen LogP contribution in [0.4, 0.5) is 0 Å². The molecule has 1 fully saturated rings. The molecule has 0 saturated carbocycles. The highest BCUT2D eigenvalue weighted by Gasteiger charge is 2.26. The molecule has 2 aromatic rings. The third-order valence-corrected chi connectivity index (χ3v) is 5.75. The van der Waals surface area contributed by atoms with E-state index in [1.807, 2.05) is 18.2 Å². The molecule has 1 aromatic heterocycles. The van der Waals surface area contributed by atoms with Crippen LogP contribution in [0.25, 0.3) is 0 Å². The van der Waals surface area contributed by atoms with E-state index < -0.39 is 11.8 Å². The fourth-order valence-corrected chi connectivity index (χ4v) is 3.55. The molecule has 9 heteroatoms. The largest absolute Gasteiger partial charge is 0.304 e. The quantitative estimate of drug-likeness (QED) is 0.493. The normalized spacial score (nSPS) is 15.0. The molecule has 3 rings (SSSR count). The summed E-state index contributed by atoms with van der Waals surface area (Å²) >= 11 is 0. The lowest BCUT2D eigenvalue weighted by Gasteiger charge is -2.32. The van der Waals surface area contributed by atoms with Crippen molar-refractivity contribution >= 4 is 11.8 Å². The Morgan fingerprint density at radius 3 is 2.18 bits per heavy atom. The van der Waals surface area contributed by atoms with Crippen LogP contribution in [0.5, 0.6) is 0 Å². The fraction of sp³-hybridized carbons (Fsp3) is 0.480. The number of rotatable bonds is 7. The SMILES string of the molecule is CN1CCN(Cc2ccc(C(=O)N(NCCC(C)(C)C)C(=O)c3cnc(C#N)nc3)cc2)CC1. The molecule has 0 radical (unpaired) electrons. The van der Waals surface area contributed by atoms with Crippen LogP contribution in [0, 0.1) is 16.7 Å². The molecule has 1 N–H and O–H groups in total. The van der Waals surface area contributed by atoms with Gasteiger partial charge in [-0.25, -0.2) is 20.4 Å². The highest BCUT2D eigenvalue weighted by Crippen LogP contribution is 2.18. The van der Waals surface area contributed by atoms with Crippen LogP contribution in [-0.2, 0) is 6.54 Å². The average Bonchev–Trinajstić information content (AvgIpc) is 2.82. The summed E-state index contributed by atoms with van der Waals surface area (Å²) in [6, 6.07) is 9.22. The number of aromatic nitrogens is 2. The molecule has 0 unspecified atom stereocenters. The number of hydrogen-bond donors (Lipinski definition) is 1. The first-order chi connectivity index (χ1) is 16.2. The molecule has 1 aliphatic rings. The van der Waals surface area contributed by atoms with Gasteiger partial charge in [0.05, 0.1) is 5.56 Å². The van der Waals surface area contributed by atoms with Gasteiger partial charge in [-0.2, -0.15) is 5.26 Å². The summed E-state index contributed by atoms with van der Waals surface area (Å²) < 4.78 is 0. The molecule has 0 aliphatic carbocycles. The Kier molecular flexibility index (Phi) is 8.45. The molecular weight excluding hydrogens is 430 g/mol. The summed E-state index contributed by atoms with van der Waals surface area (Å²) in [5, 5.41) is 9.92. The summed E-state index contributed by atoms with van der Waals surface area (Å²) in [6.07, 6.45) is 3.29. The van der Waals surface area contributed by atoms with Crippen molar-refractivity contribution in [1.82, 2.24) is 30.2 Å². The van der Waals surface area contributed by atoms with E-state index in [1.165, 1.54) is 12.4 Å². The highest BCUT2D eigenvalue weighted by atomic mass is 16.2. The second-order valence-electron chi connectivity index (χ2n) is 9.85. The first-order valence-corrected chi connectivity index (χ1v) is 11.5. The molecule has 34 heavy (non-hydrogen) atoms. The monoisotopic (exact) mass is 463 g/mol. The molecule has 0 spiro atoms. The fourth-order valence-electron chi connectivity index (χ4n) is 3.55. The van der Waals surface area contributed by atoms with Gasteiger partial charge in [0.25, 0.3) is 11.8 Å². The molecule has 180 valence electrons. The molecule has 1 saturated heterocycles. The maximum absolute atomic E-state index is 13.3. The highest BCUT2D eigenvalue weighted by molar-refractivity contribution is 6.09. The van der Waals surface area contributed by atoms with Gasteiger partial charge in [0.15, 0.2) is 0 Å². The van der Waals surface area contributed by atoms with Crippen molar-refractivity contribution in [2.45, 2.75) is 33.7 Å². The topological polar surface area (TPSA) is 105 Å². The lowest BCUT2D eigenvalue weighted by atomic mass is 9.92. The van der Waals surface area contributed by atoms with Crippen LogP contribution >= 0.6 is 0 Å². The van der Waals surface area contributed by atoms with Crippen molar-refractivity contribution < 1.29 is 9.59 Å². The Hall–Kier alpha value is -3.19. The number of amides is 2. The maximum Gasteiger partial charge on any atom is 0.278 e. The van der Waals surface area contributed by atoms with Crippen molar-refractivity contribution in [3.05, 3.63) is 59.2 Å². The van der Waals surface area contributed by atoms with Gasteiger partial charge >= 0.3 is 0 Å². The Bertz CT molecular complexity index is 1020. The van der Waals surface area contributed by atoms with Gasteiger partial charge < -0.3 is 4.90 Å². The zero-order valence-electron chi connectivity index (χ0n) is 20.4. The van der Waals surface area contributed by atoms with Crippen molar-refractivity contribution in [1.29, 1.82) is 5.26 Å². The molecular formula is C25H33N7O2. The van der Waals surface area contributed by atoms with Crippen LogP contribution in [0.1, 0.15) is 59.3 Å². The van der Waals surface area contributed by atoms with E-state index in [0.717, 1.165) is 49.7 Å². The molecule has 0 bridgehead atoms. The zero-order valence-corrected chi connectivity index (χ0v) is 20.4. The van der Waals surface area contributed by atoms with Crippen LogP contribution in [0.3, 0.4) is 0 Å². The predicted octanol–water partition coefficient (Wildman–Crippen LogP) is 2.32. The van der Waals surface area contributed by atoms with E-state index in [0.29, 0.717) is 12.1 Å². The first-order valence-electron chi connectivity index (χ1n) is 11.5. The lowest BCUT2D eigenvalue weighted by molar-refractivity contribution is 0.0518. The van der Waals surface area contributed by atoms with E-state index in [9.17, 15) is 9.59 Å². The summed E-state index contributed by atoms with van der Waals surface area (Å²) in [5.74, 6) is -1.05. The number of benzene rings is 1. The van der Waals surface area contributed by atoms with Gasteiger partial charge in [0.2, 0.25) is 5.82 Å². The third-order valence-electron chi connectivity index (χ3n) is 5.75. The van der Waals surface area contributed by atoms with Gasteiger partial charge in [0, 0.05) is 57.2 Å². The van der Waals surface area contributed by atoms with E-state index in [-0.39, 0.29) is 16.8 Å². The summed E-state index contributed by atoms with van der Waals surface area (Å²) in [5.41, 5.74) is 4.68. The summed E-state index contributed by atoms with van der Waals surface area (Å²) in [6.45, 7) is 11.7. The van der Waals surface area contributed by atoms with E-state index in [4.69, 9.17) is 5.26 Å². The molecule has 1 aromatic carbocycles. The molecule has 2 heterocycles. The van der Waals surface area contributed by atoms with Gasteiger partial charge in [-0.15, -0.1) is 0 Å². The molecule has 1 aliphatic heterocycles. The zero-order chi connectivity index (χ0) is 24.7. The van der Waals surface area contributed by atoms with Gasteiger partial charge in [-0.3, -0.25) is 14.5 Å². The smallest absolute Gasteiger partial charge is 0.278 e. The Labute approximate surface area is 201 Å². The number of nitrogens with one attached hydrogen (secondary N) is 1. The van der Waals surface area contributed by atoms with Crippen LogP contribution < -0.4 is 5.43 Å². The summed E-state index contributed by atoms with van der Waals surface area (Å²) in [7, 11) is 2.13. The standard InChI is InChI=1S/C25H33N7O2/c1-25(2,3)9-10-29-32(24(34)21-16-27-22(15-26)28-17-21)23(33)20-7-5-19(6-8-20)18-31-13-11-30(4)12-14-31/h5-8,16-17,29H,9-14,18H2,1-4H3. The van der Waals surface area contributed by atoms with Crippen LogP contribution in [-0.4, -0.2) is 76.4 Å². The first kappa shape index (κ1) is 25.4. The van der Waals surface area contributed by atoms with Gasteiger partial charge in [-0.05, 0) is 36.6 Å². The van der Waals surface area contributed by atoms with Crippen LogP contribution in [0.2, 0.25) is 0 Å². The second kappa shape index (κ2) is 11.3. The number of hydrogen-bond acceptors (Lipinski definition) is 8. The number of piperazine rings is 1. The summed E-state index contributed by atoms with van der Waals surface area (Å²) in [4.78, 5) is 38.9. The average molecular weight is 464 g/mol. The van der Waals surface area contributed by atoms with Crippen molar-refractivity contribution in [2.24, 2.45) is 5.41 Å². The van der Waals surface area contributed by atoms with Crippen molar-refractivity contribution in [3.8, 4) is 6.07 Å². The minimum Gasteiger partial charge on any atom is -0.304 e.